The highest BCUT2D eigenvalue weighted by molar-refractivity contribution is 5.94. The Hall–Kier alpha value is -2.57. The van der Waals surface area contributed by atoms with Gasteiger partial charge in [0.25, 0.3) is 5.91 Å². The molecule has 0 radical (unpaired) electrons. The maximum Gasteiger partial charge on any atom is 0.251 e. The number of nitrogens with one attached hydrogen (secondary N) is 1. The Morgan fingerprint density at radius 3 is 2.35 bits per heavy atom. The van der Waals surface area contributed by atoms with Gasteiger partial charge in [-0.3, -0.25) is 4.79 Å². The molecule has 5 N–H and O–H groups in total. The molecular formula is C27H35NO9. The highest BCUT2D eigenvalue weighted by atomic mass is 16.7. The van der Waals surface area contributed by atoms with Crippen molar-refractivity contribution < 1.29 is 44.2 Å². The van der Waals surface area contributed by atoms with Crippen molar-refractivity contribution in [1.82, 2.24) is 5.32 Å². The van der Waals surface area contributed by atoms with Gasteiger partial charge in [-0.05, 0) is 54.3 Å². The predicted octanol–water partition coefficient (Wildman–Crippen LogP) is 1.51. The van der Waals surface area contributed by atoms with Crippen LogP contribution < -0.4 is 10.1 Å². The molecule has 37 heavy (non-hydrogen) atoms. The summed E-state index contributed by atoms with van der Waals surface area (Å²) in [7, 11) is 1.56. The minimum Gasteiger partial charge on any atom is -0.457 e. The molecule has 0 saturated carbocycles. The molecular weight excluding hydrogens is 482 g/mol. The molecule has 2 saturated heterocycles. The second-order valence-electron chi connectivity index (χ2n) is 9.55. The monoisotopic (exact) mass is 517 g/mol. The van der Waals surface area contributed by atoms with E-state index in [4.69, 9.17) is 18.9 Å². The molecule has 202 valence electrons. The molecule has 0 unspecified atom stereocenters. The minimum absolute atomic E-state index is 0.156. The number of amides is 1. The van der Waals surface area contributed by atoms with Crippen LogP contribution in [0.3, 0.4) is 0 Å². The van der Waals surface area contributed by atoms with Crippen molar-refractivity contribution in [3.8, 4) is 11.5 Å². The fraction of sp³-hybridized carbons (Fsp3) is 0.519. The van der Waals surface area contributed by atoms with Gasteiger partial charge in [0, 0.05) is 19.0 Å². The maximum absolute atomic E-state index is 11.8. The number of carbonyl (C=O) groups excluding carboxylic acids is 1. The van der Waals surface area contributed by atoms with Crippen LogP contribution >= 0.6 is 0 Å². The topological polar surface area (TPSA) is 147 Å². The molecule has 10 heteroatoms. The fourth-order valence-corrected chi connectivity index (χ4v) is 4.73. The summed E-state index contributed by atoms with van der Waals surface area (Å²) in [6.07, 6.45) is -5.06. The SMILES string of the molecule is CNC(=O)c1ccc(Oc2cccc([C@H]3O[C@H](CO)C[C@H](O[C@H]4O[C@H](CO)C[C@H](C)[C@@H]4O)[C@@H]3O)c2)cc1. The first kappa shape index (κ1) is 27.5. The molecule has 1 amide bonds. The quantitative estimate of drug-likeness (QED) is 0.352. The number of hydrogen-bond acceptors (Lipinski definition) is 9. The van der Waals surface area contributed by atoms with Crippen LogP contribution in [0.15, 0.2) is 48.5 Å². The minimum atomic E-state index is -1.12. The van der Waals surface area contributed by atoms with Crippen molar-refractivity contribution in [3.63, 3.8) is 0 Å². The van der Waals surface area contributed by atoms with Crippen molar-refractivity contribution in [2.45, 2.75) is 62.7 Å². The van der Waals surface area contributed by atoms with Crippen LogP contribution in [0.25, 0.3) is 0 Å². The summed E-state index contributed by atoms with van der Waals surface area (Å²) in [5.74, 6) is 0.673. The summed E-state index contributed by atoms with van der Waals surface area (Å²) >= 11 is 0. The number of aliphatic hydroxyl groups excluding tert-OH is 4. The van der Waals surface area contributed by atoms with Gasteiger partial charge in [0.05, 0.1) is 31.5 Å². The lowest BCUT2D eigenvalue weighted by molar-refractivity contribution is -0.302. The van der Waals surface area contributed by atoms with Crippen molar-refractivity contribution >= 4 is 5.91 Å². The molecule has 8 atom stereocenters. The molecule has 0 spiro atoms. The molecule has 2 heterocycles. The normalized spacial score (nSPS) is 32.1. The van der Waals surface area contributed by atoms with Gasteiger partial charge in [-0.1, -0.05) is 19.1 Å². The first-order chi connectivity index (χ1) is 17.8. The summed E-state index contributed by atoms with van der Waals surface area (Å²) in [6.45, 7) is 1.38. The Morgan fingerprint density at radius 1 is 0.973 bits per heavy atom. The van der Waals surface area contributed by atoms with E-state index in [0.717, 1.165) is 0 Å². The number of rotatable bonds is 8. The number of benzene rings is 2. The Balaban J connectivity index is 1.49. The third kappa shape index (κ3) is 6.47. The smallest absolute Gasteiger partial charge is 0.251 e. The van der Waals surface area contributed by atoms with Gasteiger partial charge in [0.15, 0.2) is 6.29 Å². The van der Waals surface area contributed by atoms with E-state index in [2.05, 4.69) is 5.32 Å². The van der Waals surface area contributed by atoms with Crippen molar-refractivity contribution in [3.05, 3.63) is 59.7 Å². The summed E-state index contributed by atoms with van der Waals surface area (Å²) in [4.78, 5) is 11.8. The zero-order valence-corrected chi connectivity index (χ0v) is 20.9. The van der Waals surface area contributed by atoms with Crippen LogP contribution in [0.2, 0.25) is 0 Å². The van der Waals surface area contributed by atoms with Crippen LogP contribution in [0, 0.1) is 5.92 Å². The summed E-state index contributed by atoms with van der Waals surface area (Å²) in [5, 5.41) is 43.7. The summed E-state index contributed by atoms with van der Waals surface area (Å²) in [6, 6.07) is 13.7. The molecule has 0 bridgehead atoms. The van der Waals surface area contributed by atoms with E-state index in [9.17, 15) is 25.2 Å². The number of ether oxygens (including phenoxy) is 4. The third-order valence-electron chi connectivity index (χ3n) is 6.83. The lowest BCUT2D eigenvalue weighted by Gasteiger charge is -2.43. The first-order valence-corrected chi connectivity index (χ1v) is 12.5. The van der Waals surface area contributed by atoms with Crippen molar-refractivity contribution in [2.75, 3.05) is 20.3 Å². The fourth-order valence-electron chi connectivity index (χ4n) is 4.73. The van der Waals surface area contributed by atoms with Gasteiger partial charge < -0.3 is 44.7 Å². The van der Waals surface area contributed by atoms with Crippen molar-refractivity contribution in [1.29, 1.82) is 0 Å². The molecule has 4 rings (SSSR count). The number of hydrogen-bond donors (Lipinski definition) is 5. The summed E-state index contributed by atoms with van der Waals surface area (Å²) in [5.41, 5.74) is 1.13. The molecule has 2 aliphatic heterocycles. The van der Waals surface area contributed by atoms with Crippen LogP contribution in [-0.2, 0) is 14.2 Å². The second kappa shape index (κ2) is 12.3. The lowest BCUT2D eigenvalue weighted by atomic mass is 9.91. The van der Waals surface area contributed by atoms with Crippen LogP contribution in [-0.4, -0.2) is 83.4 Å². The van der Waals surface area contributed by atoms with Crippen molar-refractivity contribution in [2.24, 2.45) is 5.92 Å². The number of carbonyl (C=O) groups is 1. The summed E-state index contributed by atoms with van der Waals surface area (Å²) < 4.78 is 23.7. The van der Waals surface area contributed by atoms with Crippen LogP contribution in [0.5, 0.6) is 11.5 Å². The van der Waals surface area contributed by atoms with Gasteiger partial charge in [-0.2, -0.15) is 0 Å². The second-order valence-corrected chi connectivity index (χ2v) is 9.55. The third-order valence-corrected chi connectivity index (χ3v) is 6.83. The van der Waals surface area contributed by atoms with Gasteiger partial charge in [-0.15, -0.1) is 0 Å². The van der Waals surface area contributed by atoms with E-state index in [-0.39, 0.29) is 31.5 Å². The first-order valence-electron chi connectivity index (χ1n) is 12.5. The molecule has 2 aliphatic rings. The highest BCUT2D eigenvalue weighted by Gasteiger charge is 2.44. The molecule has 2 aromatic rings. The van der Waals surface area contributed by atoms with E-state index < -0.39 is 42.9 Å². The molecule has 10 nitrogen and oxygen atoms in total. The lowest BCUT2D eigenvalue weighted by Crippen LogP contribution is -2.53. The Morgan fingerprint density at radius 2 is 1.68 bits per heavy atom. The molecule has 2 aromatic carbocycles. The Kier molecular flexibility index (Phi) is 9.14. The van der Waals surface area contributed by atoms with E-state index >= 15 is 0 Å². The van der Waals surface area contributed by atoms with E-state index in [1.807, 2.05) is 6.92 Å². The van der Waals surface area contributed by atoms with Gasteiger partial charge >= 0.3 is 0 Å². The van der Waals surface area contributed by atoms with E-state index in [1.54, 1.807) is 55.6 Å². The molecule has 0 aromatic heterocycles. The van der Waals surface area contributed by atoms with Gasteiger partial charge in [0.1, 0.15) is 29.8 Å². The standard InChI is InChI=1S/C27H35NO9/c1-15-10-20(13-29)36-27(23(15)31)37-22-12-21(14-30)35-25(24(22)32)17-4-3-5-19(11-17)34-18-8-6-16(7-9-18)26(33)28-2/h3-9,11,15,20-25,27,29-32H,10,12-14H2,1-2H3,(H,28,33)/t15-,20-,21-,22-,23-,24-,25+,27+/m0/s1. The van der Waals surface area contributed by atoms with Gasteiger partial charge in [0.2, 0.25) is 0 Å². The van der Waals surface area contributed by atoms with E-state index in [1.165, 1.54) is 0 Å². The average Bonchev–Trinajstić information content (AvgIpc) is 2.92. The predicted molar refractivity (Wildman–Crippen MR) is 132 cm³/mol. The molecule has 0 aliphatic carbocycles. The zero-order valence-electron chi connectivity index (χ0n) is 20.9. The molecule has 2 fully saturated rings. The zero-order chi connectivity index (χ0) is 26.5. The maximum atomic E-state index is 11.8. The van der Waals surface area contributed by atoms with Crippen LogP contribution in [0.4, 0.5) is 0 Å². The highest BCUT2D eigenvalue weighted by Crippen LogP contribution is 2.37. The van der Waals surface area contributed by atoms with Crippen LogP contribution in [0.1, 0.15) is 41.8 Å². The Bertz CT molecular complexity index is 1030. The number of aliphatic hydroxyl groups is 4. The Labute approximate surface area is 215 Å². The van der Waals surface area contributed by atoms with E-state index in [0.29, 0.717) is 29.0 Å². The largest absolute Gasteiger partial charge is 0.457 e. The average molecular weight is 518 g/mol. The van der Waals surface area contributed by atoms with Gasteiger partial charge in [-0.25, -0.2) is 0 Å².